The van der Waals surface area contributed by atoms with Gasteiger partial charge in [-0.25, -0.2) is 0 Å². The predicted molar refractivity (Wildman–Crippen MR) is 72.6 cm³/mol. The van der Waals surface area contributed by atoms with Crippen LogP contribution in [-0.2, 0) is 10.2 Å². The highest BCUT2D eigenvalue weighted by Gasteiger charge is 2.62. The second kappa shape index (κ2) is 3.44. The lowest BCUT2D eigenvalue weighted by Gasteiger charge is -2.44. The molecule has 4 rings (SSSR count). The van der Waals surface area contributed by atoms with Crippen molar-refractivity contribution in [2.45, 2.75) is 23.9 Å². The van der Waals surface area contributed by atoms with Crippen molar-refractivity contribution in [1.82, 2.24) is 0 Å². The molecule has 80 valence electrons. The lowest BCUT2D eigenvalue weighted by molar-refractivity contribution is 0.0234. The van der Waals surface area contributed by atoms with Crippen LogP contribution in [0.5, 0.6) is 0 Å². The van der Waals surface area contributed by atoms with Crippen LogP contribution in [0.3, 0.4) is 0 Å². The predicted octanol–water partition coefficient (Wildman–Crippen LogP) is 3.68. The summed E-state index contributed by atoms with van der Waals surface area (Å²) in [6.45, 7) is 0.914. The van der Waals surface area contributed by atoms with Gasteiger partial charge in [-0.1, -0.05) is 50.7 Å². The Morgan fingerprint density at radius 3 is 2.47 bits per heavy atom. The Hall–Kier alpha value is 0.390. The van der Waals surface area contributed by atoms with Crippen LogP contribution in [0.15, 0.2) is 28.7 Å². The molecule has 1 aliphatic carbocycles. The zero-order valence-corrected chi connectivity index (χ0v) is 12.0. The molecule has 0 unspecified atom stereocenters. The van der Waals surface area contributed by atoms with Gasteiger partial charge in [-0.05, 0) is 30.5 Å². The topological polar surface area (TPSA) is 9.23 Å². The first-order valence-electron chi connectivity index (χ1n) is 5.14. The first-order valence-corrected chi connectivity index (χ1v) is 7.46. The summed E-state index contributed by atoms with van der Waals surface area (Å²) in [5, 5.41) is 0. The van der Waals surface area contributed by atoms with Crippen LogP contribution in [0, 0.1) is 0 Å². The zero-order valence-electron chi connectivity index (χ0n) is 8.30. The van der Waals surface area contributed by atoms with Crippen molar-refractivity contribution in [3.63, 3.8) is 0 Å². The molecule has 1 nitrogen and oxygen atoms in total. The number of alkyl halides is 1. The van der Waals surface area contributed by atoms with E-state index in [2.05, 4.69) is 62.8 Å². The SMILES string of the molecule is Brc1ccc(C23COC(CI)(C2)C3)cc1. The van der Waals surface area contributed by atoms with Crippen molar-refractivity contribution >= 4 is 38.5 Å². The van der Waals surface area contributed by atoms with E-state index in [9.17, 15) is 0 Å². The van der Waals surface area contributed by atoms with Gasteiger partial charge in [-0.3, -0.25) is 0 Å². The fraction of sp³-hybridized carbons (Fsp3) is 0.500. The van der Waals surface area contributed by atoms with Crippen LogP contribution < -0.4 is 0 Å². The lowest BCUT2D eigenvalue weighted by atomic mass is 9.60. The van der Waals surface area contributed by atoms with Crippen LogP contribution >= 0.6 is 38.5 Å². The summed E-state index contributed by atoms with van der Waals surface area (Å²) in [4.78, 5) is 0. The van der Waals surface area contributed by atoms with Crippen molar-refractivity contribution < 1.29 is 4.74 Å². The highest BCUT2D eigenvalue weighted by Crippen LogP contribution is 2.59. The third-order valence-corrected chi connectivity index (χ3v) is 5.59. The minimum atomic E-state index is 0.216. The Morgan fingerprint density at radius 2 is 1.93 bits per heavy atom. The largest absolute Gasteiger partial charge is 0.373 e. The van der Waals surface area contributed by atoms with Gasteiger partial charge in [0, 0.05) is 14.3 Å². The maximum atomic E-state index is 5.93. The average molecular weight is 379 g/mol. The van der Waals surface area contributed by atoms with Crippen LogP contribution in [0.25, 0.3) is 0 Å². The molecule has 2 aliphatic heterocycles. The van der Waals surface area contributed by atoms with Crippen molar-refractivity contribution in [3.05, 3.63) is 34.3 Å². The second-order valence-corrected chi connectivity index (χ2v) is 6.42. The molecule has 0 spiro atoms. The molecular formula is C12H12BrIO. The Morgan fingerprint density at radius 1 is 1.27 bits per heavy atom. The monoisotopic (exact) mass is 378 g/mol. The molecular weight excluding hydrogens is 367 g/mol. The normalized spacial score (nSPS) is 37.7. The quantitative estimate of drug-likeness (QED) is 0.563. The smallest absolute Gasteiger partial charge is 0.0790 e. The van der Waals surface area contributed by atoms with E-state index >= 15 is 0 Å². The Labute approximate surface area is 112 Å². The van der Waals surface area contributed by atoms with Crippen LogP contribution in [0.1, 0.15) is 18.4 Å². The second-order valence-electron chi connectivity index (χ2n) is 4.75. The maximum absolute atomic E-state index is 5.93. The van der Waals surface area contributed by atoms with Crippen LogP contribution in [0.2, 0.25) is 0 Å². The fourth-order valence-corrected chi connectivity index (χ4v) is 3.92. The summed E-state index contributed by atoms with van der Waals surface area (Å²) in [7, 11) is 0. The molecule has 1 saturated carbocycles. The van der Waals surface area contributed by atoms with Gasteiger partial charge >= 0.3 is 0 Å². The van der Waals surface area contributed by atoms with Crippen molar-refractivity contribution in [2.24, 2.45) is 0 Å². The molecule has 3 aliphatic rings. The Balaban J connectivity index is 1.89. The van der Waals surface area contributed by atoms with Crippen LogP contribution in [-0.4, -0.2) is 16.6 Å². The molecule has 2 bridgehead atoms. The van der Waals surface area contributed by atoms with Gasteiger partial charge in [0.25, 0.3) is 0 Å². The van der Waals surface area contributed by atoms with E-state index < -0.39 is 0 Å². The number of hydrogen-bond donors (Lipinski definition) is 0. The summed E-state index contributed by atoms with van der Waals surface area (Å²) in [5.41, 5.74) is 2.00. The molecule has 0 radical (unpaired) electrons. The molecule has 1 aromatic carbocycles. The van der Waals surface area contributed by atoms with E-state index in [1.165, 1.54) is 18.4 Å². The third kappa shape index (κ3) is 1.50. The number of rotatable bonds is 2. The highest BCUT2D eigenvalue weighted by molar-refractivity contribution is 14.1. The molecule has 2 heterocycles. The standard InChI is InChI=1S/C12H12BrIO/c13-10-3-1-9(2-4-10)11-5-12(6-11,7-14)15-8-11/h1-4H,5-8H2. The van der Waals surface area contributed by atoms with E-state index in [0.717, 1.165) is 15.5 Å². The highest BCUT2D eigenvalue weighted by atomic mass is 127. The molecule has 0 amide bonds. The summed E-state index contributed by atoms with van der Waals surface area (Å²) < 4.78 is 8.21. The first kappa shape index (κ1) is 10.5. The minimum Gasteiger partial charge on any atom is -0.373 e. The molecule has 3 fully saturated rings. The molecule has 0 atom stereocenters. The molecule has 0 N–H and O–H groups in total. The number of ether oxygens (including phenoxy) is 1. The summed E-state index contributed by atoms with van der Waals surface area (Å²) in [6, 6.07) is 8.73. The minimum absolute atomic E-state index is 0.216. The summed E-state index contributed by atoms with van der Waals surface area (Å²) in [5.74, 6) is 0. The average Bonchev–Trinajstić information content (AvgIpc) is 2.74. The number of benzene rings is 1. The lowest BCUT2D eigenvalue weighted by Crippen LogP contribution is -2.48. The molecule has 2 saturated heterocycles. The molecule has 15 heavy (non-hydrogen) atoms. The summed E-state index contributed by atoms with van der Waals surface area (Å²) >= 11 is 5.92. The van der Waals surface area contributed by atoms with Gasteiger partial charge in [0.15, 0.2) is 0 Å². The van der Waals surface area contributed by atoms with Gasteiger partial charge in [0.05, 0.1) is 12.2 Å². The fourth-order valence-electron chi connectivity index (χ4n) is 2.90. The van der Waals surface area contributed by atoms with E-state index in [4.69, 9.17) is 4.74 Å². The molecule has 0 aromatic heterocycles. The third-order valence-electron chi connectivity index (χ3n) is 3.68. The van der Waals surface area contributed by atoms with Gasteiger partial charge in [-0.2, -0.15) is 0 Å². The Bertz CT molecular complexity index is 381. The maximum Gasteiger partial charge on any atom is 0.0790 e. The number of halogens is 2. The van der Waals surface area contributed by atoms with E-state index in [1.807, 2.05) is 0 Å². The number of fused-ring (bicyclic) bond motifs is 1. The Kier molecular flexibility index (Phi) is 2.42. The molecule has 3 heteroatoms. The zero-order chi connectivity index (χ0) is 10.5. The summed E-state index contributed by atoms with van der Waals surface area (Å²) in [6.07, 6.45) is 2.43. The van der Waals surface area contributed by atoms with Crippen molar-refractivity contribution in [2.75, 3.05) is 11.0 Å². The van der Waals surface area contributed by atoms with Gasteiger partial charge in [0.2, 0.25) is 0 Å². The van der Waals surface area contributed by atoms with Gasteiger partial charge in [-0.15, -0.1) is 0 Å². The first-order chi connectivity index (χ1) is 7.18. The van der Waals surface area contributed by atoms with Crippen molar-refractivity contribution in [1.29, 1.82) is 0 Å². The van der Waals surface area contributed by atoms with E-state index in [0.29, 0.717) is 5.41 Å². The van der Waals surface area contributed by atoms with Gasteiger partial charge < -0.3 is 4.74 Å². The van der Waals surface area contributed by atoms with E-state index in [-0.39, 0.29) is 5.60 Å². The number of hydrogen-bond acceptors (Lipinski definition) is 1. The van der Waals surface area contributed by atoms with Gasteiger partial charge in [0.1, 0.15) is 0 Å². The van der Waals surface area contributed by atoms with E-state index in [1.54, 1.807) is 0 Å². The van der Waals surface area contributed by atoms with Crippen molar-refractivity contribution in [3.8, 4) is 0 Å². The molecule has 1 aromatic rings. The van der Waals surface area contributed by atoms with Crippen LogP contribution in [0.4, 0.5) is 0 Å².